The van der Waals surface area contributed by atoms with Gasteiger partial charge in [0.15, 0.2) is 5.76 Å². The number of aliphatic imine (C=N–C) groups is 1. The molecule has 2 aliphatic heterocycles. The Balaban J connectivity index is 1.40. The first-order valence-electron chi connectivity index (χ1n) is 11.8. The number of hydrogen-bond donors (Lipinski definition) is 1. The van der Waals surface area contributed by atoms with Crippen LogP contribution in [0.1, 0.15) is 56.0 Å². The molecule has 1 fully saturated rings. The van der Waals surface area contributed by atoms with Gasteiger partial charge in [-0.3, -0.25) is 4.79 Å². The molecule has 1 spiro atoms. The quantitative estimate of drug-likeness (QED) is 0.706. The number of carbonyl (C=O) groups excluding carboxylic acids is 1. The number of β-amino-alcohol motifs (C(OH)–C–C–N with tert-alkyl or cyclic N) is 1. The van der Waals surface area contributed by atoms with E-state index in [1.807, 2.05) is 26.0 Å². The minimum atomic E-state index is -0.231. The number of benzene rings is 1. The van der Waals surface area contributed by atoms with Gasteiger partial charge in [0.2, 0.25) is 17.7 Å². The lowest BCUT2D eigenvalue weighted by Gasteiger charge is -2.24. The van der Waals surface area contributed by atoms with Gasteiger partial charge in [0, 0.05) is 43.1 Å². The predicted octanol–water partition coefficient (Wildman–Crippen LogP) is 3.47. The second kappa shape index (κ2) is 8.73. The third-order valence-electron chi connectivity index (χ3n) is 6.95. The van der Waals surface area contributed by atoms with E-state index in [1.54, 1.807) is 17.3 Å². The molecule has 34 heavy (non-hydrogen) atoms. The molecular formula is C26H28N4O4. The number of aromatic nitrogens is 1. The predicted molar refractivity (Wildman–Crippen MR) is 125 cm³/mol. The lowest BCUT2D eigenvalue weighted by atomic mass is 9.80. The summed E-state index contributed by atoms with van der Waals surface area (Å²) in [6.45, 7) is 4.81. The van der Waals surface area contributed by atoms with Gasteiger partial charge in [-0.15, -0.1) is 0 Å². The first-order chi connectivity index (χ1) is 16.4. The van der Waals surface area contributed by atoms with Gasteiger partial charge < -0.3 is 19.2 Å². The number of aliphatic hydroxyl groups is 1. The van der Waals surface area contributed by atoms with Gasteiger partial charge in [0.1, 0.15) is 6.07 Å². The van der Waals surface area contributed by atoms with Crippen LogP contribution in [0.25, 0.3) is 11.3 Å². The highest BCUT2D eigenvalue weighted by molar-refractivity contribution is 5.82. The van der Waals surface area contributed by atoms with Crippen molar-refractivity contribution in [1.29, 1.82) is 5.26 Å². The summed E-state index contributed by atoms with van der Waals surface area (Å²) in [5.74, 6) is 1.44. The number of hydrogen-bond acceptors (Lipinski definition) is 7. The molecule has 1 saturated heterocycles. The van der Waals surface area contributed by atoms with E-state index in [1.165, 1.54) is 11.1 Å². The fourth-order valence-electron chi connectivity index (χ4n) is 5.41. The summed E-state index contributed by atoms with van der Waals surface area (Å²) in [4.78, 5) is 23.2. The maximum absolute atomic E-state index is 12.5. The number of amides is 1. The van der Waals surface area contributed by atoms with E-state index in [2.05, 4.69) is 22.1 Å². The Morgan fingerprint density at radius 1 is 1.41 bits per heavy atom. The molecule has 1 aromatic carbocycles. The highest BCUT2D eigenvalue weighted by Gasteiger charge is 2.48. The number of carbonyl (C=O) groups is 1. The number of nitriles is 1. The Bertz CT molecular complexity index is 1220. The third-order valence-corrected chi connectivity index (χ3v) is 6.95. The molecule has 3 heterocycles. The number of aliphatic hydroxyl groups excluding tert-OH is 1. The Kier molecular flexibility index (Phi) is 5.74. The van der Waals surface area contributed by atoms with E-state index in [0.29, 0.717) is 49.0 Å². The van der Waals surface area contributed by atoms with Gasteiger partial charge in [-0.1, -0.05) is 18.2 Å². The fraction of sp³-hybridized carbons (Fsp3) is 0.462. The van der Waals surface area contributed by atoms with Crippen molar-refractivity contribution < 1.29 is 19.1 Å². The van der Waals surface area contributed by atoms with Crippen LogP contribution in [-0.4, -0.2) is 52.9 Å². The van der Waals surface area contributed by atoms with Crippen molar-refractivity contribution in [3.63, 3.8) is 0 Å². The minimum absolute atomic E-state index is 0.0200. The van der Waals surface area contributed by atoms with E-state index in [4.69, 9.17) is 9.15 Å². The van der Waals surface area contributed by atoms with Crippen LogP contribution in [0.15, 0.2) is 45.3 Å². The van der Waals surface area contributed by atoms with Crippen molar-refractivity contribution in [2.24, 2.45) is 4.99 Å². The van der Waals surface area contributed by atoms with E-state index in [9.17, 15) is 15.2 Å². The molecular weight excluding hydrogens is 432 g/mol. The largest absolute Gasteiger partial charge is 0.474 e. The average Bonchev–Trinajstić information content (AvgIpc) is 3.52. The summed E-state index contributed by atoms with van der Waals surface area (Å²) in [7, 11) is 0. The molecule has 8 nitrogen and oxygen atoms in total. The molecule has 1 aromatic heterocycles. The molecule has 0 saturated carbocycles. The summed E-state index contributed by atoms with van der Waals surface area (Å²) in [5.41, 5.74) is 3.68. The molecule has 0 bridgehead atoms. The summed E-state index contributed by atoms with van der Waals surface area (Å²) in [6.07, 6.45) is 6.09. The Morgan fingerprint density at radius 2 is 2.26 bits per heavy atom. The molecule has 8 heteroatoms. The highest BCUT2D eigenvalue weighted by atomic mass is 16.5. The van der Waals surface area contributed by atoms with Crippen molar-refractivity contribution in [3.05, 3.63) is 52.9 Å². The number of nitrogens with zero attached hydrogens (tertiary/aromatic N) is 4. The monoisotopic (exact) mass is 460 g/mol. The molecule has 5 rings (SSSR count). The molecule has 2 unspecified atom stereocenters. The normalized spacial score (nSPS) is 23.8. The van der Waals surface area contributed by atoms with Crippen molar-refractivity contribution in [2.75, 3.05) is 19.7 Å². The second-order valence-electron chi connectivity index (χ2n) is 9.54. The molecule has 0 radical (unpaired) electrons. The molecule has 1 aliphatic carbocycles. The standard InChI is InChI=1S/C26H28N4O4/c1-16(2)33-24-17(12-27)10-18(13-28-24)25-29-14-22(34-25)20-4-3-5-21-19(20)6-7-26(21)11-23(32)30(15-26)8-9-31/h3-5,13-14,16,18,31H,6-11,15H2,1-2H3. The number of fused-ring (bicyclic) bond motifs is 2. The van der Waals surface area contributed by atoms with Gasteiger partial charge in [0.05, 0.1) is 30.4 Å². The topological polar surface area (TPSA) is 112 Å². The number of likely N-dealkylation sites (tertiary alicyclic amines) is 1. The molecule has 1 N–H and O–H groups in total. The first kappa shape index (κ1) is 22.4. The number of oxazole rings is 1. The van der Waals surface area contributed by atoms with Crippen LogP contribution < -0.4 is 0 Å². The molecule has 176 valence electrons. The molecule has 2 atom stereocenters. The Labute approximate surface area is 198 Å². The van der Waals surface area contributed by atoms with Crippen LogP contribution in [0.3, 0.4) is 0 Å². The lowest BCUT2D eigenvalue weighted by Crippen LogP contribution is -2.32. The van der Waals surface area contributed by atoms with Crippen LogP contribution in [-0.2, 0) is 21.4 Å². The SMILES string of the molecule is CC(C)OC1=C(C#N)CC(c2ncc(-c3cccc4c3CCC43CC(=O)N(CCO)C3)o2)C=N1. The van der Waals surface area contributed by atoms with Crippen molar-refractivity contribution in [1.82, 2.24) is 9.88 Å². The van der Waals surface area contributed by atoms with Crippen LogP contribution in [0, 0.1) is 11.3 Å². The van der Waals surface area contributed by atoms with E-state index < -0.39 is 0 Å². The zero-order valence-electron chi connectivity index (χ0n) is 19.5. The van der Waals surface area contributed by atoms with Crippen LogP contribution >= 0.6 is 0 Å². The summed E-state index contributed by atoms with van der Waals surface area (Å²) in [6, 6.07) is 8.36. The van der Waals surface area contributed by atoms with Gasteiger partial charge in [-0.25, -0.2) is 9.98 Å². The average molecular weight is 461 g/mol. The second-order valence-corrected chi connectivity index (χ2v) is 9.54. The number of allylic oxidation sites excluding steroid dienone is 1. The third kappa shape index (κ3) is 3.80. The van der Waals surface area contributed by atoms with Crippen LogP contribution in [0.4, 0.5) is 0 Å². The number of rotatable bonds is 6. The van der Waals surface area contributed by atoms with E-state index in [-0.39, 0.29) is 30.0 Å². The highest BCUT2D eigenvalue weighted by Crippen LogP contribution is 2.48. The van der Waals surface area contributed by atoms with Crippen molar-refractivity contribution in [2.45, 2.75) is 57.0 Å². The Hall–Kier alpha value is -3.44. The van der Waals surface area contributed by atoms with Gasteiger partial charge in [-0.05, 0) is 37.8 Å². The zero-order valence-corrected chi connectivity index (χ0v) is 19.5. The van der Waals surface area contributed by atoms with E-state index >= 15 is 0 Å². The molecule has 3 aliphatic rings. The van der Waals surface area contributed by atoms with Gasteiger partial charge in [0.25, 0.3) is 0 Å². The van der Waals surface area contributed by atoms with Crippen molar-refractivity contribution in [3.8, 4) is 17.4 Å². The first-order valence-corrected chi connectivity index (χ1v) is 11.8. The maximum atomic E-state index is 12.5. The fourth-order valence-corrected chi connectivity index (χ4v) is 5.41. The smallest absolute Gasteiger partial charge is 0.227 e. The number of ether oxygens (including phenoxy) is 1. The summed E-state index contributed by atoms with van der Waals surface area (Å²) >= 11 is 0. The zero-order chi connectivity index (χ0) is 23.9. The summed E-state index contributed by atoms with van der Waals surface area (Å²) < 4.78 is 11.8. The van der Waals surface area contributed by atoms with Gasteiger partial charge >= 0.3 is 0 Å². The Morgan fingerprint density at radius 3 is 3.03 bits per heavy atom. The maximum Gasteiger partial charge on any atom is 0.227 e. The van der Waals surface area contributed by atoms with Crippen molar-refractivity contribution >= 4 is 12.1 Å². The minimum Gasteiger partial charge on any atom is -0.474 e. The molecule has 2 aromatic rings. The van der Waals surface area contributed by atoms with Crippen LogP contribution in [0.2, 0.25) is 0 Å². The van der Waals surface area contributed by atoms with Crippen LogP contribution in [0.5, 0.6) is 0 Å². The molecule has 1 amide bonds. The summed E-state index contributed by atoms with van der Waals surface area (Å²) in [5, 5.41) is 18.9. The van der Waals surface area contributed by atoms with E-state index in [0.717, 1.165) is 18.4 Å². The van der Waals surface area contributed by atoms with Gasteiger partial charge in [-0.2, -0.15) is 5.26 Å². The lowest BCUT2D eigenvalue weighted by molar-refractivity contribution is -0.128.